The van der Waals surface area contributed by atoms with E-state index in [0.717, 1.165) is 42.1 Å². The molecule has 2 heterocycles. The fourth-order valence-corrected chi connectivity index (χ4v) is 3.81. The van der Waals surface area contributed by atoms with E-state index in [-0.39, 0.29) is 17.9 Å². The Balaban J connectivity index is 1.87. The molecule has 1 atom stereocenters. The first kappa shape index (κ1) is 11.4. The Kier molecular flexibility index (Phi) is 2.14. The van der Waals surface area contributed by atoms with E-state index in [1.807, 2.05) is 12.1 Å². The molecule has 1 fully saturated rings. The van der Waals surface area contributed by atoms with Crippen molar-refractivity contribution in [3.63, 3.8) is 0 Å². The van der Waals surface area contributed by atoms with Gasteiger partial charge < -0.3 is 19.9 Å². The molecule has 1 spiro atoms. The monoisotopic (exact) mass is 261 g/mol. The van der Waals surface area contributed by atoms with Crippen molar-refractivity contribution in [2.24, 2.45) is 5.73 Å². The Morgan fingerprint density at radius 2 is 1.89 bits per heavy atom. The molecule has 0 amide bonds. The van der Waals surface area contributed by atoms with Gasteiger partial charge in [0.2, 0.25) is 12.5 Å². The van der Waals surface area contributed by atoms with E-state index in [4.69, 9.17) is 19.9 Å². The van der Waals surface area contributed by atoms with Crippen molar-refractivity contribution < 1.29 is 14.2 Å². The van der Waals surface area contributed by atoms with Crippen molar-refractivity contribution in [3.05, 3.63) is 17.7 Å². The molecule has 0 bridgehead atoms. The number of nitrogens with two attached hydrogens (primary N) is 1. The summed E-state index contributed by atoms with van der Waals surface area (Å²) in [5.41, 5.74) is 7.14. The van der Waals surface area contributed by atoms with Crippen LogP contribution in [0.15, 0.2) is 12.1 Å². The van der Waals surface area contributed by atoms with Crippen molar-refractivity contribution in [1.29, 1.82) is 0 Å². The summed E-state index contributed by atoms with van der Waals surface area (Å²) >= 11 is 0. The lowest BCUT2D eigenvalue weighted by Gasteiger charge is -2.44. The molecule has 0 radical (unpaired) electrons. The molecule has 4 nitrogen and oxygen atoms in total. The molecule has 1 aromatic carbocycles. The number of hydrogen-bond acceptors (Lipinski definition) is 4. The molecular formula is C15H19NO3. The molecule has 0 aromatic heterocycles. The highest BCUT2D eigenvalue weighted by molar-refractivity contribution is 5.60. The van der Waals surface area contributed by atoms with Gasteiger partial charge in [0.15, 0.2) is 11.5 Å². The molecule has 4 heteroatoms. The fourth-order valence-electron chi connectivity index (χ4n) is 3.81. The lowest BCUT2D eigenvalue weighted by molar-refractivity contribution is 0.0191. The van der Waals surface area contributed by atoms with Gasteiger partial charge in [0.05, 0.1) is 0 Å². The summed E-state index contributed by atoms with van der Waals surface area (Å²) < 4.78 is 17.4. The van der Waals surface area contributed by atoms with Crippen molar-refractivity contribution in [1.82, 2.24) is 0 Å². The number of benzene rings is 1. The Morgan fingerprint density at radius 3 is 2.68 bits per heavy atom. The van der Waals surface area contributed by atoms with Crippen LogP contribution in [-0.2, 0) is 5.54 Å². The molecule has 1 unspecified atom stereocenters. The minimum atomic E-state index is -0.362. The highest BCUT2D eigenvalue weighted by Gasteiger charge is 2.48. The third-order valence-corrected chi connectivity index (χ3v) is 4.63. The van der Waals surface area contributed by atoms with Crippen LogP contribution in [0.25, 0.3) is 0 Å². The van der Waals surface area contributed by atoms with Crippen LogP contribution < -0.4 is 19.9 Å². The lowest BCUT2D eigenvalue weighted by atomic mass is 9.77. The predicted octanol–water partition coefficient (Wildman–Crippen LogP) is 2.68. The zero-order valence-electron chi connectivity index (χ0n) is 11.2. The average Bonchev–Trinajstić information content (AvgIpc) is 2.97. The molecule has 1 aromatic rings. The summed E-state index contributed by atoms with van der Waals surface area (Å²) in [6.45, 7) is 2.36. The van der Waals surface area contributed by atoms with Crippen LogP contribution in [0, 0.1) is 0 Å². The quantitative estimate of drug-likeness (QED) is 0.780. The van der Waals surface area contributed by atoms with Crippen LogP contribution in [0.2, 0.25) is 0 Å². The molecular weight excluding hydrogens is 242 g/mol. The van der Waals surface area contributed by atoms with Crippen LogP contribution in [0.1, 0.15) is 44.6 Å². The number of hydrogen-bond donors (Lipinski definition) is 1. The molecule has 1 aliphatic carbocycles. The smallest absolute Gasteiger partial charge is 0.231 e. The molecule has 19 heavy (non-hydrogen) atoms. The Bertz CT molecular complexity index is 532. The summed E-state index contributed by atoms with van der Waals surface area (Å²) in [5, 5.41) is 0. The van der Waals surface area contributed by atoms with Crippen molar-refractivity contribution >= 4 is 0 Å². The van der Waals surface area contributed by atoms with Gasteiger partial charge in [-0.3, -0.25) is 0 Å². The van der Waals surface area contributed by atoms with Gasteiger partial charge in [-0.2, -0.15) is 0 Å². The first-order valence-electron chi connectivity index (χ1n) is 7.01. The first-order valence-corrected chi connectivity index (χ1v) is 7.01. The number of fused-ring (bicyclic) bond motifs is 3. The van der Waals surface area contributed by atoms with E-state index in [0.29, 0.717) is 0 Å². The largest absolute Gasteiger partial charge is 0.483 e. The van der Waals surface area contributed by atoms with E-state index in [1.54, 1.807) is 0 Å². The predicted molar refractivity (Wildman–Crippen MR) is 70.5 cm³/mol. The van der Waals surface area contributed by atoms with Crippen molar-refractivity contribution in [3.8, 4) is 17.2 Å². The SMILES string of the molecule is CC1(N)CC2(CCCC2)Oc2c1ccc1c2OCO1. The van der Waals surface area contributed by atoms with Gasteiger partial charge in [-0.05, 0) is 44.7 Å². The van der Waals surface area contributed by atoms with Crippen LogP contribution >= 0.6 is 0 Å². The molecule has 2 aliphatic heterocycles. The van der Waals surface area contributed by atoms with Gasteiger partial charge in [-0.25, -0.2) is 0 Å². The molecule has 2 N–H and O–H groups in total. The summed E-state index contributed by atoms with van der Waals surface area (Å²) in [6.07, 6.45) is 5.50. The van der Waals surface area contributed by atoms with Gasteiger partial charge in [-0.15, -0.1) is 0 Å². The maximum Gasteiger partial charge on any atom is 0.231 e. The molecule has 0 saturated heterocycles. The third-order valence-electron chi connectivity index (χ3n) is 4.63. The molecule has 1 saturated carbocycles. The zero-order chi connectivity index (χ0) is 13.1. The third kappa shape index (κ3) is 1.56. The van der Waals surface area contributed by atoms with E-state index < -0.39 is 0 Å². The van der Waals surface area contributed by atoms with Crippen molar-refractivity contribution in [2.45, 2.75) is 50.2 Å². The summed E-state index contributed by atoms with van der Waals surface area (Å²) in [5.74, 6) is 2.32. The van der Waals surface area contributed by atoms with E-state index in [1.165, 1.54) is 12.8 Å². The van der Waals surface area contributed by atoms with Crippen LogP contribution in [0.3, 0.4) is 0 Å². The Labute approximate surface area is 112 Å². The second-order valence-electron chi connectivity index (χ2n) is 6.26. The summed E-state index contributed by atoms with van der Waals surface area (Å²) in [6, 6.07) is 3.95. The van der Waals surface area contributed by atoms with Gasteiger partial charge in [0.25, 0.3) is 0 Å². The van der Waals surface area contributed by atoms with Crippen molar-refractivity contribution in [2.75, 3.05) is 6.79 Å². The highest BCUT2D eigenvalue weighted by Crippen LogP contribution is 2.54. The maximum atomic E-state index is 6.56. The first-order chi connectivity index (χ1) is 9.10. The van der Waals surface area contributed by atoms with Gasteiger partial charge >= 0.3 is 0 Å². The van der Waals surface area contributed by atoms with E-state index in [9.17, 15) is 0 Å². The summed E-state index contributed by atoms with van der Waals surface area (Å²) in [7, 11) is 0. The van der Waals surface area contributed by atoms with Gasteiger partial charge in [-0.1, -0.05) is 0 Å². The van der Waals surface area contributed by atoms with E-state index in [2.05, 4.69) is 6.92 Å². The van der Waals surface area contributed by atoms with E-state index >= 15 is 0 Å². The molecule has 102 valence electrons. The second kappa shape index (κ2) is 3.57. The highest BCUT2D eigenvalue weighted by atomic mass is 16.7. The number of rotatable bonds is 0. The minimum absolute atomic E-state index is 0.0996. The molecule has 3 aliphatic rings. The number of ether oxygens (including phenoxy) is 3. The maximum absolute atomic E-state index is 6.56. The fraction of sp³-hybridized carbons (Fsp3) is 0.600. The van der Waals surface area contributed by atoms with Gasteiger partial charge in [0.1, 0.15) is 5.60 Å². The Morgan fingerprint density at radius 1 is 1.11 bits per heavy atom. The van der Waals surface area contributed by atoms with Gasteiger partial charge in [0, 0.05) is 17.5 Å². The topological polar surface area (TPSA) is 53.7 Å². The standard InChI is InChI=1S/C15H19NO3/c1-14(16)8-15(6-2-3-7-15)19-12-10(14)4-5-11-13(12)18-9-17-11/h4-5H,2-3,6-9,16H2,1H3. The van der Waals surface area contributed by atoms with Crippen LogP contribution in [0.4, 0.5) is 0 Å². The van der Waals surface area contributed by atoms with Crippen LogP contribution in [0.5, 0.6) is 17.2 Å². The zero-order valence-corrected chi connectivity index (χ0v) is 11.2. The minimum Gasteiger partial charge on any atom is -0.483 e. The molecule has 4 rings (SSSR count). The average molecular weight is 261 g/mol. The normalized spacial score (nSPS) is 30.2. The Hall–Kier alpha value is -1.42. The second-order valence-corrected chi connectivity index (χ2v) is 6.26. The van der Waals surface area contributed by atoms with Crippen LogP contribution in [-0.4, -0.2) is 12.4 Å². The lowest BCUT2D eigenvalue weighted by Crippen LogP contribution is -2.49. The summed E-state index contributed by atoms with van der Waals surface area (Å²) in [4.78, 5) is 0.